The summed E-state index contributed by atoms with van der Waals surface area (Å²) in [4.78, 5) is 13.8. The molecule has 1 aliphatic rings. The number of rotatable bonds is 4. The summed E-state index contributed by atoms with van der Waals surface area (Å²) in [6, 6.07) is 1.66. The van der Waals surface area contributed by atoms with Crippen LogP contribution in [0, 0.1) is 17.5 Å². The molecule has 0 spiro atoms. The van der Waals surface area contributed by atoms with Crippen molar-refractivity contribution < 1.29 is 22.7 Å². The molecule has 7 heteroatoms. The molecule has 1 heterocycles. The van der Waals surface area contributed by atoms with Crippen molar-refractivity contribution in [2.75, 3.05) is 39.4 Å². The number of nitrogens with one attached hydrogen (secondary N) is 1. The number of amides is 1. The molecule has 1 aromatic rings. The Hall–Kier alpha value is -1.60. The highest BCUT2D eigenvalue weighted by atomic mass is 19.2. The fourth-order valence-corrected chi connectivity index (χ4v) is 1.95. The molecule has 1 N–H and O–H groups in total. The van der Waals surface area contributed by atoms with Gasteiger partial charge in [-0.1, -0.05) is 0 Å². The molecule has 0 atom stereocenters. The second-order valence-electron chi connectivity index (χ2n) is 4.43. The summed E-state index contributed by atoms with van der Waals surface area (Å²) < 4.78 is 44.3. The van der Waals surface area contributed by atoms with Crippen LogP contribution in [0.15, 0.2) is 12.1 Å². The van der Waals surface area contributed by atoms with Crippen molar-refractivity contribution in [3.8, 4) is 0 Å². The molecule has 1 aromatic carbocycles. The van der Waals surface area contributed by atoms with Gasteiger partial charge in [0.1, 0.15) is 0 Å². The van der Waals surface area contributed by atoms with Crippen LogP contribution in [0.1, 0.15) is 10.4 Å². The quantitative estimate of drug-likeness (QED) is 0.846. The van der Waals surface area contributed by atoms with E-state index in [1.165, 1.54) is 0 Å². The lowest BCUT2D eigenvalue weighted by molar-refractivity contribution is 0.0383. The van der Waals surface area contributed by atoms with E-state index in [-0.39, 0.29) is 0 Å². The highest BCUT2D eigenvalue weighted by Crippen LogP contribution is 2.14. The summed E-state index contributed by atoms with van der Waals surface area (Å²) in [6.45, 7) is 3.74. The number of hydrogen-bond donors (Lipinski definition) is 1. The van der Waals surface area contributed by atoms with E-state index in [4.69, 9.17) is 4.74 Å². The molecule has 1 amide bonds. The zero-order valence-electron chi connectivity index (χ0n) is 10.8. The first kappa shape index (κ1) is 14.8. The van der Waals surface area contributed by atoms with Gasteiger partial charge in [-0.25, -0.2) is 13.2 Å². The topological polar surface area (TPSA) is 41.6 Å². The molecule has 1 aliphatic heterocycles. The molecule has 0 aromatic heterocycles. The van der Waals surface area contributed by atoms with E-state index in [0.717, 1.165) is 25.2 Å². The lowest BCUT2D eigenvalue weighted by Gasteiger charge is -2.26. The maximum absolute atomic E-state index is 13.4. The monoisotopic (exact) mass is 288 g/mol. The van der Waals surface area contributed by atoms with Gasteiger partial charge in [0.05, 0.1) is 18.8 Å². The molecule has 0 aliphatic carbocycles. The van der Waals surface area contributed by atoms with Crippen LogP contribution in [-0.2, 0) is 4.74 Å². The Morgan fingerprint density at radius 3 is 2.60 bits per heavy atom. The lowest BCUT2D eigenvalue weighted by Crippen LogP contribution is -2.41. The summed E-state index contributed by atoms with van der Waals surface area (Å²) in [5.74, 6) is -5.17. The normalized spacial score (nSPS) is 16.1. The van der Waals surface area contributed by atoms with E-state index in [9.17, 15) is 18.0 Å². The maximum Gasteiger partial charge on any atom is 0.254 e. The summed E-state index contributed by atoms with van der Waals surface area (Å²) in [5, 5.41) is 2.48. The molecule has 0 unspecified atom stereocenters. The second-order valence-corrected chi connectivity index (χ2v) is 4.43. The minimum atomic E-state index is -1.63. The van der Waals surface area contributed by atoms with E-state index in [0.29, 0.717) is 26.3 Å². The van der Waals surface area contributed by atoms with E-state index in [1.807, 2.05) is 0 Å². The smallest absolute Gasteiger partial charge is 0.254 e. The van der Waals surface area contributed by atoms with Crippen LogP contribution in [0.2, 0.25) is 0 Å². The first-order valence-corrected chi connectivity index (χ1v) is 6.31. The molecule has 1 saturated heterocycles. The fraction of sp³-hybridized carbons (Fsp3) is 0.462. The molecule has 0 bridgehead atoms. The van der Waals surface area contributed by atoms with Gasteiger partial charge in [0.15, 0.2) is 17.5 Å². The van der Waals surface area contributed by atoms with Crippen LogP contribution in [0.3, 0.4) is 0 Å². The van der Waals surface area contributed by atoms with Crippen molar-refractivity contribution >= 4 is 5.91 Å². The summed E-state index contributed by atoms with van der Waals surface area (Å²) in [6.07, 6.45) is 0. The summed E-state index contributed by atoms with van der Waals surface area (Å²) in [7, 11) is 0. The molecule has 20 heavy (non-hydrogen) atoms. The zero-order chi connectivity index (χ0) is 14.5. The largest absolute Gasteiger partial charge is 0.379 e. The number of benzene rings is 1. The first-order chi connectivity index (χ1) is 9.59. The zero-order valence-corrected chi connectivity index (χ0v) is 10.8. The van der Waals surface area contributed by atoms with Gasteiger partial charge < -0.3 is 10.1 Å². The van der Waals surface area contributed by atoms with Gasteiger partial charge in [0.2, 0.25) is 0 Å². The summed E-state index contributed by atoms with van der Waals surface area (Å²) >= 11 is 0. The molecule has 1 fully saturated rings. The van der Waals surface area contributed by atoms with Gasteiger partial charge in [-0.15, -0.1) is 0 Å². The Morgan fingerprint density at radius 2 is 1.90 bits per heavy atom. The van der Waals surface area contributed by atoms with Gasteiger partial charge in [0, 0.05) is 26.2 Å². The number of morpholine rings is 1. The predicted octanol–water partition coefficient (Wildman–Crippen LogP) is 1.17. The average molecular weight is 288 g/mol. The number of carbonyl (C=O) groups excluding carboxylic acids is 1. The van der Waals surface area contributed by atoms with E-state index < -0.39 is 28.9 Å². The second kappa shape index (κ2) is 6.71. The molecule has 4 nitrogen and oxygen atoms in total. The van der Waals surface area contributed by atoms with E-state index >= 15 is 0 Å². The van der Waals surface area contributed by atoms with Gasteiger partial charge in [-0.2, -0.15) is 0 Å². The van der Waals surface area contributed by atoms with Crippen molar-refractivity contribution in [2.45, 2.75) is 0 Å². The fourth-order valence-electron chi connectivity index (χ4n) is 1.95. The van der Waals surface area contributed by atoms with Crippen LogP contribution < -0.4 is 5.32 Å². The Kier molecular flexibility index (Phi) is 4.97. The molecule has 0 saturated carbocycles. The minimum Gasteiger partial charge on any atom is -0.379 e. The van der Waals surface area contributed by atoms with Gasteiger partial charge in [0.25, 0.3) is 5.91 Å². The molecular weight excluding hydrogens is 273 g/mol. The number of carbonyl (C=O) groups is 1. The molecular formula is C13H15F3N2O2. The number of hydrogen-bond acceptors (Lipinski definition) is 3. The Labute approximate surface area is 114 Å². The highest BCUT2D eigenvalue weighted by Gasteiger charge is 2.18. The van der Waals surface area contributed by atoms with Crippen molar-refractivity contribution in [1.29, 1.82) is 0 Å². The number of ether oxygens (including phenoxy) is 1. The van der Waals surface area contributed by atoms with Crippen LogP contribution in [0.25, 0.3) is 0 Å². The van der Waals surface area contributed by atoms with E-state index in [1.54, 1.807) is 0 Å². The van der Waals surface area contributed by atoms with Crippen molar-refractivity contribution in [1.82, 2.24) is 10.2 Å². The number of nitrogens with zero attached hydrogens (tertiary/aromatic N) is 1. The molecule has 2 rings (SSSR count). The highest BCUT2D eigenvalue weighted by molar-refractivity contribution is 5.94. The minimum absolute atomic E-state index is 0.303. The Balaban J connectivity index is 1.87. The van der Waals surface area contributed by atoms with Crippen LogP contribution in [0.4, 0.5) is 13.2 Å². The van der Waals surface area contributed by atoms with Crippen LogP contribution in [0.5, 0.6) is 0 Å². The SMILES string of the molecule is O=C(NCCN1CCOCC1)c1ccc(F)c(F)c1F. The van der Waals surface area contributed by atoms with Crippen molar-refractivity contribution in [3.63, 3.8) is 0 Å². The third-order valence-electron chi connectivity index (χ3n) is 3.10. The third kappa shape index (κ3) is 3.49. The average Bonchev–Trinajstić information content (AvgIpc) is 2.46. The standard InChI is InChI=1S/C13H15F3N2O2/c14-10-2-1-9(11(15)12(10)16)13(19)17-3-4-18-5-7-20-8-6-18/h1-2H,3-8H2,(H,17,19). The van der Waals surface area contributed by atoms with Crippen LogP contribution in [-0.4, -0.2) is 50.2 Å². The Bertz CT molecular complexity index is 491. The lowest BCUT2D eigenvalue weighted by atomic mass is 10.2. The van der Waals surface area contributed by atoms with Gasteiger partial charge in [-0.3, -0.25) is 9.69 Å². The Morgan fingerprint density at radius 1 is 1.20 bits per heavy atom. The number of halogens is 3. The van der Waals surface area contributed by atoms with E-state index in [2.05, 4.69) is 10.2 Å². The van der Waals surface area contributed by atoms with Crippen molar-refractivity contribution in [2.24, 2.45) is 0 Å². The van der Waals surface area contributed by atoms with Crippen molar-refractivity contribution in [3.05, 3.63) is 35.1 Å². The van der Waals surface area contributed by atoms with Gasteiger partial charge >= 0.3 is 0 Å². The molecule has 0 radical (unpaired) electrons. The van der Waals surface area contributed by atoms with Gasteiger partial charge in [-0.05, 0) is 12.1 Å². The molecule has 110 valence electrons. The predicted molar refractivity (Wildman–Crippen MR) is 65.9 cm³/mol. The maximum atomic E-state index is 13.4. The third-order valence-corrected chi connectivity index (χ3v) is 3.10. The first-order valence-electron chi connectivity index (χ1n) is 6.31. The van der Waals surface area contributed by atoms with Crippen LogP contribution >= 0.6 is 0 Å². The summed E-state index contributed by atoms with van der Waals surface area (Å²) in [5.41, 5.74) is -0.495.